The molecule has 0 bridgehead atoms. The van der Waals surface area contributed by atoms with Gasteiger partial charge >= 0.3 is 5.97 Å². The molecule has 1 aliphatic rings. The number of carbonyl (C=O) groups excluding carboxylic acids is 1. The molecule has 0 spiro atoms. The smallest absolute Gasteiger partial charge is 0.339 e. The molecule has 0 atom stereocenters. The van der Waals surface area contributed by atoms with Gasteiger partial charge in [-0.05, 0) is 48.0 Å². The number of carbonyl (C=O) groups is 1. The molecule has 0 unspecified atom stereocenters. The number of halogens is 1. The van der Waals surface area contributed by atoms with E-state index < -0.39 is 0 Å². The minimum Gasteiger partial charge on any atom is -0.490 e. The van der Waals surface area contributed by atoms with Crippen molar-refractivity contribution in [3.8, 4) is 21.9 Å². The second kappa shape index (κ2) is 12.7. The Kier molecular flexibility index (Phi) is 8.64. The van der Waals surface area contributed by atoms with E-state index in [2.05, 4.69) is 5.32 Å². The molecule has 1 aliphatic heterocycles. The van der Waals surface area contributed by atoms with Gasteiger partial charge in [0.05, 0.1) is 31.6 Å². The van der Waals surface area contributed by atoms with Gasteiger partial charge in [-0.2, -0.15) is 0 Å². The third-order valence-corrected chi connectivity index (χ3v) is 7.49. The normalized spacial score (nSPS) is 12.1. The van der Waals surface area contributed by atoms with E-state index in [1.165, 1.54) is 7.11 Å². The SMILES string of the molecule is COC(=O)c1ccccc1Nc1ccc2c(c1)OCCCO2.O=c1cc(-c2ccccc2)sc2ccc(Cl)cc12. The van der Waals surface area contributed by atoms with Crippen molar-refractivity contribution in [2.75, 3.05) is 25.6 Å². The number of fused-ring (bicyclic) bond motifs is 2. The van der Waals surface area contributed by atoms with E-state index >= 15 is 0 Å². The van der Waals surface area contributed by atoms with Crippen LogP contribution in [0.25, 0.3) is 20.5 Å². The second-order valence-corrected chi connectivity index (χ2v) is 10.4. The van der Waals surface area contributed by atoms with Crippen LogP contribution in [0.5, 0.6) is 11.5 Å². The minimum absolute atomic E-state index is 0.0186. The third kappa shape index (κ3) is 6.45. The maximum Gasteiger partial charge on any atom is 0.339 e. The summed E-state index contributed by atoms with van der Waals surface area (Å²) in [4.78, 5) is 24.9. The molecule has 0 saturated carbocycles. The Morgan fingerprint density at radius 2 is 1.62 bits per heavy atom. The van der Waals surface area contributed by atoms with E-state index in [9.17, 15) is 9.59 Å². The average molecular weight is 572 g/mol. The van der Waals surface area contributed by atoms with Crippen molar-refractivity contribution in [3.05, 3.63) is 118 Å². The van der Waals surface area contributed by atoms with Crippen molar-refractivity contribution in [3.63, 3.8) is 0 Å². The second-order valence-electron chi connectivity index (χ2n) is 8.86. The molecule has 0 amide bonds. The van der Waals surface area contributed by atoms with E-state index in [1.54, 1.807) is 35.6 Å². The highest BCUT2D eigenvalue weighted by Gasteiger charge is 2.14. The van der Waals surface area contributed by atoms with Crippen LogP contribution in [0.4, 0.5) is 11.4 Å². The number of nitrogens with one attached hydrogen (secondary N) is 1. The fraction of sp³-hybridized carbons (Fsp3) is 0.125. The zero-order chi connectivity index (χ0) is 27.9. The van der Waals surface area contributed by atoms with Crippen LogP contribution in [0, 0.1) is 0 Å². The van der Waals surface area contributed by atoms with Gasteiger partial charge in [0, 0.05) is 44.2 Å². The van der Waals surface area contributed by atoms with Gasteiger partial charge in [0.1, 0.15) is 0 Å². The highest BCUT2D eigenvalue weighted by molar-refractivity contribution is 7.21. The molecule has 1 N–H and O–H groups in total. The summed E-state index contributed by atoms with van der Waals surface area (Å²) in [6, 6.07) is 29.9. The molecule has 0 saturated heterocycles. The summed E-state index contributed by atoms with van der Waals surface area (Å²) in [5.41, 5.74) is 3.07. The van der Waals surface area contributed by atoms with Crippen molar-refractivity contribution >= 4 is 50.4 Å². The Morgan fingerprint density at radius 3 is 2.42 bits per heavy atom. The summed E-state index contributed by atoms with van der Waals surface area (Å²) < 4.78 is 17.0. The molecule has 8 heteroatoms. The summed E-state index contributed by atoms with van der Waals surface area (Å²) in [5, 5.41) is 4.51. The summed E-state index contributed by atoms with van der Waals surface area (Å²) in [7, 11) is 1.37. The molecule has 4 aromatic carbocycles. The molecule has 5 aromatic rings. The monoisotopic (exact) mass is 571 g/mol. The lowest BCUT2D eigenvalue weighted by Gasteiger charge is -2.13. The number of para-hydroxylation sites is 1. The molecule has 0 aliphatic carbocycles. The predicted molar refractivity (Wildman–Crippen MR) is 162 cm³/mol. The maximum atomic E-state index is 12.1. The maximum absolute atomic E-state index is 12.1. The van der Waals surface area contributed by atoms with Gasteiger partial charge in [-0.25, -0.2) is 4.79 Å². The lowest BCUT2D eigenvalue weighted by Crippen LogP contribution is -2.05. The Morgan fingerprint density at radius 1 is 0.875 bits per heavy atom. The van der Waals surface area contributed by atoms with E-state index in [-0.39, 0.29) is 11.4 Å². The van der Waals surface area contributed by atoms with Crippen LogP contribution >= 0.6 is 22.9 Å². The van der Waals surface area contributed by atoms with Crippen molar-refractivity contribution < 1.29 is 19.0 Å². The van der Waals surface area contributed by atoms with E-state index in [0.29, 0.717) is 40.6 Å². The Balaban J connectivity index is 0.000000164. The third-order valence-electron chi connectivity index (χ3n) is 6.11. The molecule has 6 nitrogen and oxygen atoms in total. The number of hydrogen-bond donors (Lipinski definition) is 1. The zero-order valence-electron chi connectivity index (χ0n) is 21.7. The molecule has 1 aromatic heterocycles. The van der Waals surface area contributed by atoms with Gasteiger partial charge in [0.25, 0.3) is 0 Å². The zero-order valence-corrected chi connectivity index (χ0v) is 23.3. The summed E-state index contributed by atoms with van der Waals surface area (Å²) in [6.45, 7) is 1.29. The van der Waals surface area contributed by atoms with Gasteiger partial charge in [0.15, 0.2) is 16.9 Å². The Bertz CT molecular complexity index is 1700. The Labute approximate surface area is 240 Å². The van der Waals surface area contributed by atoms with Crippen LogP contribution in [0.2, 0.25) is 5.02 Å². The van der Waals surface area contributed by atoms with E-state index in [4.69, 9.17) is 25.8 Å². The van der Waals surface area contributed by atoms with Crippen LogP contribution in [-0.4, -0.2) is 26.3 Å². The Hall–Kier alpha value is -4.33. The van der Waals surface area contributed by atoms with Crippen molar-refractivity contribution in [2.45, 2.75) is 6.42 Å². The first-order chi connectivity index (χ1) is 19.5. The van der Waals surface area contributed by atoms with Gasteiger partial charge < -0.3 is 19.5 Å². The molecule has 2 heterocycles. The number of esters is 1. The molecule has 0 radical (unpaired) electrons. The fourth-order valence-electron chi connectivity index (χ4n) is 4.15. The largest absolute Gasteiger partial charge is 0.490 e. The van der Waals surface area contributed by atoms with E-state index in [1.807, 2.05) is 72.8 Å². The van der Waals surface area contributed by atoms with Gasteiger partial charge in [-0.15, -0.1) is 11.3 Å². The lowest BCUT2D eigenvalue weighted by molar-refractivity contribution is 0.0602. The topological polar surface area (TPSA) is 73.9 Å². The first-order valence-electron chi connectivity index (χ1n) is 12.6. The van der Waals surface area contributed by atoms with Crippen LogP contribution in [0.3, 0.4) is 0 Å². The molecule has 202 valence electrons. The summed E-state index contributed by atoms with van der Waals surface area (Å²) >= 11 is 7.52. The van der Waals surface area contributed by atoms with Gasteiger partial charge in [0.2, 0.25) is 0 Å². The first kappa shape index (κ1) is 27.2. The number of ether oxygens (including phenoxy) is 3. The summed E-state index contributed by atoms with van der Waals surface area (Å²) in [5.74, 6) is 1.07. The van der Waals surface area contributed by atoms with Crippen molar-refractivity contribution in [2.24, 2.45) is 0 Å². The lowest BCUT2D eigenvalue weighted by atomic mass is 10.1. The van der Waals surface area contributed by atoms with Crippen LogP contribution in [0.1, 0.15) is 16.8 Å². The predicted octanol–water partition coefficient (Wildman–Crippen LogP) is 7.96. The molecular weight excluding hydrogens is 546 g/mol. The highest BCUT2D eigenvalue weighted by Crippen LogP contribution is 2.34. The number of benzene rings is 4. The van der Waals surface area contributed by atoms with Crippen LogP contribution < -0.4 is 20.2 Å². The number of anilines is 2. The molecule has 6 rings (SSSR count). The highest BCUT2D eigenvalue weighted by atomic mass is 35.5. The number of methoxy groups -OCH3 is 1. The van der Waals surface area contributed by atoms with Crippen LogP contribution in [0.15, 0.2) is 102 Å². The van der Waals surface area contributed by atoms with Gasteiger partial charge in [-0.1, -0.05) is 54.1 Å². The molecular formula is C32H26ClNO5S. The van der Waals surface area contributed by atoms with E-state index in [0.717, 1.165) is 33.0 Å². The fourth-order valence-corrected chi connectivity index (χ4v) is 5.38. The molecule has 40 heavy (non-hydrogen) atoms. The van der Waals surface area contributed by atoms with Crippen LogP contribution in [-0.2, 0) is 4.74 Å². The quantitative estimate of drug-likeness (QED) is 0.221. The van der Waals surface area contributed by atoms with Crippen molar-refractivity contribution in [1.29, 1.82) is 0 Å². The average Bonchev–Trinajstić information content (AvgIpc) is 3.23. The standard InChI is InChI=1S/C17H17NO4.C15H9ClOS/c1-20-17(19)13-5-2-3-6-14(13)18-12-7-8-15-16(11-12)22-10-4-9-21-15;16-11-6-7-14-12(8-11)13(17)9-15(18-14)10-4-2-1-3-5-10/h2-3,5-8,11,18H,4,9-10H2,1H3;1-9H. The van der Waals surface area contributed by atoms with Gasteiger partial charge in [-0.3, -0.25) is 4.79 Å². The van der Waals surface area contributed by atoms with Crippen molar-refractivity contribution in [1.82, 2.24) is 0 Å². The number of hydrogen-bond acceptors (Lipinski definition) is 7. The first-order valence-corrected chi connectivity index (χ1v) is 13.8. The molecule has 0 fully saturated rings. The minimum atomic E-state index is -0.377. The number of rotatable bonds is 4. The summed E-state index contributed by atoms with van der Waals surface area (Å²) in [6.07, 6.45) is 0.864.